The zero-order valence-electron chi connectivity index (χ0n) is 18.5. The van der Waals surface area contributed by atoms with E-state index in [0.717, 1.165) is 27.5 Å². The van der Waals surface area contributed by atoms with Gasteiger partial charge in [0, 0.05) is 35.8 Å². The number of rotatable bonds is 7. The molecule has 2 aromatic heterocycles. The Hall–Kier alpha value is -4.30. The van der Waals surface area contributed by atoms with E-state index < -0.39 is 5.97 Å². The third-order valence-electron chi connectivity index (χ3n) is 4.68. The maximum atomic E-state index is 12.5. The Bertz CT molecular complexity index is 1350. The van der Waals surface area contributed by atoms with E-state index in [-0.39, 0.29) is 5.91 Å². The Kier molecular flexibility index (Phi) is 7.10. The second kappa shape index (κ2) is 10.5. The molecule has 1 amide bonds. The summed E-state index contributed by atoms with van der Waals surface area (Å²) in [7, 11) is 1.48. The largest absolute Gasteiger partial charge is 0.493 e. The molecule has 0 spiro atoms. The fraction of sp³-hybridized carbons (Fsp3) is 0.0769. The quantitative estimate of drug-likeness (QED) is 0.219. The fourth-order valence-corrected chi connectivity index (χ4v) is 3.96. The monoisotopic (exact) mass is 471 g/mol. The van der Waals surface area contributed by atoms with E-state index in [4.69, 9.17) is 9.47 Å². The molecule has 2 heterocycles. The van der Waals surface area contributed by atoms with E-state index in [1.165, 1.54) is 31.4 Å². The van der Waals surface area contributed by atoms with Crippen LogP contribution in [0, 0.1) is 0 Å². The average molecular weight is 472 g/mol. The molecule has 0 fully saturated rings. The van der Waals surface area contributed by atoms with Gasteiger partial charge in [0.15, 0.2) is 11.5 Å². The summed E-state index contributed by atoms with van der Waals surface area (Å²) >= 11 is 1.52. The number of hydrogen-bond acceptors (Lipinski definition) is 7. The molecule has 0 aliphatic carbocycles. The van der Waals surface area contributed by atoms with Crippen molar-refractivity contribution in [2.45, 2.75) is 6.92 Å². The first-order chi connectivity index (χ1) is 16.5. The third-order valence-corrected chi connectivity index (χ3v) is 5.55. The van der Waals surface area contributed by atoms with E-state index in [1.54, 1.807) is 30.5 Å². The van der Waals surface area contributed by atoms with Gasteiger partial charge in [0.25, 0.3) is 0 Å². The van der Waals surface area contributed by atoms with Crippen molar-refractivity contribution in [1.82, 2.24) is 9.97 Å². The first kappa shape index (κ1) is 22.9. The van der Waals surface area contributed by atoms with Gasteiger partial charge >= 0.3 is 5.97 Å². The van der Waals surface area contributed by atoms with E-state index in [2.05, 4.69) is 15.3 Å². The minimum absolute atomic E-state index is 0.285. The molecule has 0 saturated heterocycles. The highest BCUT2D eigenvalue weighted by atomic mass is 32.1. The highest BCUT2D eigenvalue weighted by Crippen LogP contribution is 2.30. The zero-order chi connectivity index (χ0) is 23.9. The number of ether oxygens (including phenoxy) is 2. The number of carbonyl (C=O) groups excluding carboxylic acids is 2. The molecule has 1 N–H and O–H groups in total. The minimum Gasteiger partial charge on any atom is -0.493 e. The van der Waals surface area contributed by atoms with Crippen LogP contribution in [0.5, 0.6) is 11.5 Å². The van der Waals surface area contributed by atoms with E-state index in [9.17, 15) is 9.59 Å². The number of aromatic nitrogens is 2. The van der Waals surface area contributed by atoms with Crippen molar-refractivity contribution in [3.8, 4) is 33.5 Å². The topological polar surface area (TPSA) is 90.4 Å². The Balaban J connectivity index is 1.44. The summed E-state index contributed by atoms with van der Waals surface area (Å²) in [5, 5.41) is 5.67. The summed E-state index contributed by atoms with van der Waals surface area (Å²) in [4.78, 5) is 32.7. The maximum Gasteiger partial charge on any atom is 0.308 e. The summed E-state index contributed by atoms with van der Waals surface area (Å²) < 4.78 is 10.3. The highest BCUT2D eigenvalue weighted by Gasteiger charge is 2.09. The molecule has 0 atom stereocenters. The van der Waals surface area contributed by atoms with Gasteiger partial charge in [0.05, 0.1) is 18.5 Å². The summed E-state index contributed by atoms with van der Waals surface area (Å²) in [6, 6.07) is 18.3. The Morgan fingerprint density at radius 2 is 1.88 bits per heavy atom. The standard InChI is InChI=1S/C26H21N3O4S/c1-17(30)33-23-11-9-18(14-24(23)32-2)10-12-25(31)28-20-7-5-6-19(15-20)22-16-34-26(29-22)21-8-3-4-13-27-21/h3-16H,1-2H3,(H,28,31)/b12-10+. The van der Waals surface area contributed by atoms with Crippen LogP contribution in [-0.4, -0.2) is 29.0 Å². The number of hydrogen-bond donors (Lipinski definition) is 1. The molecule has 8 heteroatoms. The number of thiazole rings is 1. The molecule has 0 bridgehead atoms. The molecule has 0 aliphatic heterocycles. The smallest absolute Gasteiger partial charge is 0.308 e. The van der Waals surface area contributed by atoms with Gasteiger partial charge in [0.1, 0.15) is 5.01 Å². The number of methoxy groups -OCH3 is 1. The van der Waals surface area contributed by atoms with E-state index in [1.807, 2.05) is 47.8 Å². The van der Waals surface area contributed by atoms with Crippen LogP contribution in [0.4, 0.5) is 5.69 Å². The molecule has 34 heavy (non-hydrogen) atoms. The van der Waals surface area contributed by atoms with Gasteiger partial charge in [-0.1, -0.05) is 24.3 Å². The zero-order valence-corrected chi connectivity index (χ0v) is 19.3. The number of nitrogens with zero attached hydrogens (tertiary/aromatic N) is 2. The summed E-state index contributed by atoms with van der Waals surface area (Å²) in [6.45, 7) is 1.32. The van der Waals surface area contributed by atoms with E-state index in [0.29, 0.717) is 17.2 Å². The number of benzene rings is 2. The van der Waals surface area contributed by atoms with Crippen LogP contribution in [-0.2, 0) is 9.59 Å². The number of esters is 1. The number of anilines is 1. The van der Waals surface area contributed by atoms with Crippen LogP contribution in [0.3, 0.4) is 0 Å². The van der Waals surface area contributed by atoms with Gasteiger partial charge in [-0.15, -0.1) is 11.3 Å². The van der Waals surface area contributed by atoms with Crippen LogP contribution in [0.1, 0.15) is 12.5 Å². The molecule has 0 saturated carbocycles. The SMILES string of the molecule is COc1cc(/C=C/C(=O)Nc2cccc(-c3csc(-c4ccccn4)n3)c2)ccc1OC(C)=O. The second-order valence-electron chi connectivity index (χ2n) is 7.16. The lowest BCUT2D eigenvalue weighted by molar-refractivity contribution is -0.132. The van der Waals surface area contributed by atoms with Crippen molar-refractivity contribution >= 4 is 35.0 Å². The summed E-state index contributed by atoms with van der Waals surface area (Å²) in [5.41, 5.74) is 3.91. The van der Waals surface area contributed by atoms with Crippen molar-refractivity contribution in [1.29, 1.82) is 0 Å². The molecule has 0 radical (unpaired) electrons. The molecule has 170 valence electrons. The number of pyridine rings is 1. The molecular weight excluding hydrogens is 450 g/mol. The molecule has 2 aromatic carbocycles. The van der Waals surface area contributed by atoms with Crippen LogP contribution in [0.15, 0.2) is 78.3 Å². The number of amides is 1. The highest BCUT2D eigenvalue weighted by molar-refractivity contribution is 7.13. The van der Waals surface area contributed by atoms with Crippen LogP contribution < -0.4 is 14.8 Å². The van der Waals surface area contributed by atoms with Crippen molar-refractivity contribution < 1.29 is 19.1 Å². The predicted octanol–water partition coefficient (Wildman–Crippen LogP) is 5.46. The molecule has 0 unspecified atom stereocenters. The van der Waals surface area contributed by atoms with Crippen molar-refractivity contribution in [2.24, 2.45) is 0 Å². The lowest BCUT2D eigenvalue weighted by Crippen LogP contribution is -2.07. The predicted molar refractivity (Wildman–Crippen MR) is 133 cm³/mol. The lowest BCUT2D eigenvalue weighted by atomic mass is 10.1. The molecule has 0 aliphatic rings. The Morgan fingerprint density at radius 3 is 2.65 bits per heavy atom. The van der Waals surface area contributed by atoms with Gasteiger partial charge in [-0.25, -0.2) is 4.98 Å². The molecular formula is C26H21N3O4S. The van der Waals surface area contributed by atoms with Crippen molar-refractivity contribution in [3.05, 3.63) is 83.9 Å². The molecule has 7 nitrogen and oxygen atoms in total. The summed E-state index contributed by atoms with van der Waals surface area (Å²) in [6.07, 6.45) is 4.82. The van der Waals surface area contributed by atoms with Crippen LogP contribution in [0.2, 0.25) is 0 Å². The van der Waals surface area contributed by atoms with Gasteiger partial charge < -0.3 is 14.8 Å². The third kappa shape index (κ3) is 5.73. The van der Waals surface area contributed by atoms with E-state index >= 15 is 0 Å². The number of nitrogens with one attached hydrogen (secondary N) is 1. The van der Waals surface area contributed by atoms with Gasteiger partial charge in [0.2, 0.25) is 5.91 Å². The fourth-order valence-electron chi connectivity index (χ4n) is 3.15. The Morgan fingerprint density at radius 1 is 1.00 bits per heavy atom. The van der Waals surface area contributed by atoms with Gasteiger partial charge in [-0.2, -0.15) is 0 Å². The van der Waals surface area contributed by atoms with Crippen LogP contribution >= 0.6 is 11.3 Å². The minimum atomic E-state index is -0.436. The maximum absolute atomic E-state index is 12.5. The number of carbonyl (C=O) groups is 2. The van der Waals surface area contributed by atoms with Gasteiger partial charge in [-0.3, -0.25) is 14.6 Å². The normalized spacial score (nSPS) is 10.8. The van der Waals surface area contributed by atoms with Crippen molar-refractivity contribution in [3.63, 3.8) is 0 Å². The Labute approximate surface area is 200 Å². The second-order valence-corrected chi connectivity index (χ2v) is 8.02. The van der Waals surface area contributed by atoms with Gasteiger partial charge in [-0.05, 0) is 48.0 Å². The summed E-state index contributed by atoms with van der Waals surface area (Å²) in [5.74, 6) is 0.00175. The van der Waals surface area contributed by atoms with Crippen molar-refractivity contribution in [2.75, 3.05) is 12.4 Å². The first-order valence-corrected chi connectivity index (χ1v) is 11.2. The molecule has 4 rings (SSSR count). The lowest BCUT2D eigenvalue weighted by Gasteiger charge is -2.08. The van der Waals surface area contributed by atoms with Crippen LogP contribution in [0.25, 0.3) is 28.0 Å². The first-order valence-electron chi connectivity index (χ1n) is 10.3. The molecule has 4 aromatic rings. The average Bonchev–Trinajstić information content (AvgIpc) is 3.34.